The van der Waals surface area contributed by atoms with E-state index in [1.807, 2.05) is 24.3 Å². The van der Waals surface area contributed by atoms with Gasteiger partial charge in [0.1, 0.15) is 11.6 Å². The summed E-state index contributed by atoms with van der Waals surface area (Å²) in [5.41, 5.74) is 1.52. The molecule has 3 heteroatoms. The fourth-order valence-corrected chi connectivity index (χ4v) is 2.64. The second kappa shape index (κ2) is 5.08. The number of para-hydroxylation sites is 1. The molecule has 0 aliphatic carbocycles. The monoisotopic (exact) mass is 270 g/mol. The molecule has 1 heterocycles. The maximum absolute atomic E-state index is 14.1. The highest BCUT2D eigenvalue weighted by Crippen LogP contribution is 2.36. The van der Waals surface area contributed by atoms with Gasteiger partial charge in [-0.15, -0.1) is 0 Å². The van der Waals surface area contributed by atoms with Gasteiger partial charge in [-0.3, -0.25) is 4.79 Å². The minimum Gasteiger partial charge on any atom is -0.493 e. The third kappa shape index (κ3) is 2.09. The number of ether oxygens (including phenoxy) is 1. The third-order valence-corrected chi connectivity index (χ3v) is 3.73. The van der Waals surface area contributed by atoms with Gasteiger partial charge in [-0.25, -0.2) is 4.39 Å². The summed E-state index contributed by atoms with van der Waals surface area (Å²) in [5.74, 6) is -0.176. The standard InChI is InChI=1S/C17H15FO2/c1-11-5-4-7-14(16(11)18)17(19)13-9-10-20-15-8-3-2-6-12(13)15/h2-8,13H,9-10H2,1H3. The van der Waals surface area contributed by atoms with Gasteiger partial charge >= 0.3 is 0 Å². The van der Waals surface area contributed by atoms with Gasteiger partial charge in [0.25, 0.3) is 0 Å². The molecule has 2 aromatic carbocycles. The van der Waals surface area contributed by atoms with Crippen LogP contribution in [-0.2, 0) is 0 Å². The fraction of sp³-hybridized carbons (Fsp3) is 0.235. The van der Waals surface area contributed by atoms with Crippen LogP contribution in [0, 0.1) is 12.7 Å². The number of rotatable bonds is 2. The van der Waals surface area contributed by atoms with Crippen molar-refractivity contribution in [3.8, 4) is 5.75 Å². The van der Waals surface area contributed by atoms with Gasteiger partial charge in [0, 0.05) is 5.56 Å². The van der Waals surface area contributed by atoms with Gasteiger partial charge in [0.15, 0.2) is 5.78 Å². The summed E-state index contributed by atoms with van der Waals surface area (Å²) in [6.07, 6.45) is 0.587. The molecule has 20 heavy (non-hydrogen) atoms. The zero-order valence-corrected chi connectivity index (χ0v) is 11.2. The van der Waals surface area contributed by atoms with Gasteiger partial charge in [-0.2, -0.15) is 0 Å². The summed E-state index contributed by atoms with van der Waals surface area (Å²) in [6.45, 7) is 2.16. The molecule has 1 aliphatic heterocycles. The zero-order valence-electron chi connectivity index (χ0n) is 11.2. The summed E-state index contributed by atoms with van der Waals surface area (Å²) in [6, 6.07) is 12.4. The molecule has 102 valence electrons. The number of fused-ring (bicyclic) bond motifs is 1. The number of carbonyl (C=O) groups is 1. The van der Waals surface area contributed by atoms with Gasteiger partial charge in [0.2, 0.25) is 0 Å². The van der Waals surface area contributed by atoms with Crippen molar-refractivity contribution in [2.24, 2.45) is 0 Å². The Labute approximate surface area is 117 Å². The van der Waals surface area contributed by atoms with Gasteiger partial charge in [0.05, 0.1) is 18.1 Å². The zero-order chi connectivity index (χ0) is 14.1. The fourth-order valence-electron chi connectivity index (χ4n) is 2.64. The smallest absolute Gasteiger partial charge is 0.173 e. The van der Waals surface area contributed by atoms with Crippen LogP contribution in [0.3, 0.4) is 0 Å². The molecule has 3 rings (SSSR count). The minimum atomic E-state index is -0.415. The van der Waals surface area contributed by atoms with E-state index >= 15 is 0 Å². The van der Waals surface area contributed by atoms with Crippen LogP contribution in [0.25, 0.3) is 0 Å². The number of carbonyl (C=O) groups excluding carboxylic acids is 1. The minimum absolute atomic E-state index is 0.165. The van der Waals surface area contributed by atoms with Crippen LogP contribution >= 0.6 is 0 Å². The maximum atomic E-state index is 14.1. The molecule has 0 radical (unpaired) electrons. The molecule has 0 N–H and O–H groups in total. The Hall–Kier alpha value is -2.16. The lowest BCUT2D eigenvalue weighted by molar-refractivity contribution is 0.0929. The number of hydrogen-bond donors (Lipinski definition) is 0. The van der Waals surface area contributed by atoms with Gasteiger partial charge < -0.3 is 4.74 Å². The van der Waals surface area contributed by atoms with E-state index in [0.717, 1.165) is 11.3 Å². The number of hydrogen-bond acceptors (Lipinski definition) is 2. The van der Waals surface area contributed by atoms with Crippen LogP contribution in [0.1, 0.15) is 33.8 Å². The molecule has 0 spiro atoms. The lowest BCUT2D eigenvalue weighted by atomic mass is 9.86. The van der Waals surface area contributed by atoms with E-state index in [1.165, 1.54) is 0 Å². The Morgan fingerprint density at radius 2 is 2.00 bits per heavy atom. The third-order valence-electron chi connectivity index (χ3n) is 3.73. The normalized spacial score (nSPS) is 17.2. The van der Waals surface area contributed by atoms with E-state index < -0.39 is 5.82 Å². The molecule has 0 saturated carbocycles. The van der Waals surface area contributed by atoms with Crippen LogP contribution in [0.4, 0.5) is 4.39 Å². The Bertz CT molecular complexity index is 664. The van der Waals surface area contributed by atoms with Crippen molar-refractivity contribution in [1.29, 1.82) is 0 Å². The summed E-state index contributed by atoms with van der Waals surface area (Å²) in [4.78, 5) is 12.6. The second-order valence-corrected chi connectivity index (χ2v) is 5.03. The molecule has 0 aromatic heterocycles. The predicted molar refractivity (Wildman–Crippen MR) is 74.8 cm³/mol. The summed E-state index contributed by atoms with van der Waals surface area (Å²) < 4.78 is 19.7. The lowest BCUT2D eigenvalue weighted by Crippen LogP contribution is -2.22. The number of halogens is 1. The Balaban J connectivity index is 2.02. The topological polar surface area (TPSA) is 26.3 Å². The molecule has 0 saturated heterocycles. The largest absolute Gasteiger partial charge is 0.493 e. The van der Waals surface area contributed by atoms with Crippen LogP contribution in [-0.4, -0.2) is 12.4 Å². The first-order chi connectivity index (χ1) is 9.68. The maximum Gasteiger partial charge on any atom is 0.173 e. The van der Waals surface area contributed by atoms with E-state index in [-0.39, 0.29) is 17.3 Å². The van der Waals surface area contributed by atoms with Crippen LogP contribution in [0.2, 0.25) is 0 Å². The first kappa shape index (κ1) is 12.9. The van der Waals surface area contributed by atoms with E-state index in [1.54, 1.807) is 25.1 Å². The molecule has 0 bridgehead atoms. The average molecular weight is 270 g/mol. The molecule has 1 aliphatic rings. The highest BCUT2D eigenvalue weighted by molar-refractivity contribution is 6.01. The number of Topliss-reactive ketones (excluding diaryl/α,β-unsaturated/α-hetero) is 1. The first-order valence-corrected chi connectivity index (χ1v) is 6.69. The predicted octanol–water partition coefficient (Wildman–Crippen LogP) is 3.88. The molecule has 0 fully saturated rings. The summed E-state index contributed by atoms with van der Waals surface area (Å²) in [7, 11) is 0. The average Bonchev–Trinajstić information content (AvgIpc) is 2.49. The Morgan fingerprint density at radius 1 is 1.20 bits per heavy atom. The molecule has 1 unspecified atom stereocenters. The van der Waals surface area contributed by atoms with Crippen molar-refractivity contribution in [2.75, 3.05) is 6.61 Å². The van der Waals surface area contributed by atoms with E-state index in [9.17, 15) is 9.18 Å². The van der Waals surface area contributed by atoms with E-state index in [0.29, 0.717) is 18.6 Å². The van der Waals surface area contributed by atoms with Crippen LogP contribution in [0.5, 0.6) is 5.75 Å². The molecule has 0 amide bonds. The second-order valence-electron chi connectivity index (χ2n) is 5.03. The number of aryl methyl sites for hydroxylation is 1. The number of benzene rings is 2. The van der Waals surface area contributed by atoms with Crippen molar-refractivity contribution in [1.82, 2.24) is 0 Å². The molecular weight excluding hydrogens is 255 g/mol. The van der Waals surface area contributed by atoms with Gasteiger partial charge in [-0.05, 0) is 31.0 Å². The molecule has 2 nitrogen and oxygen atoms in total. The van der Waals surface area contributed by atoms with Gasteiger partial charge in [-0.1, -0.05) is 30.3 Å². The molecule has 1 atom stereocenters. The van der Waals surface area contributed by atoms with Crippen LogP contribution < -0.4 is 4.74 Å². The van der Waals surface area contributed by atoms with Crippen molar-refractivity contribution < 1.29 is 13.9 Å². The highest BCUT2D eigenvalue weighted by atomic mass is 19.1. The van der Waals surface area contributed by atoms with Crippen molar-refractivity contribution in [2.45, 2.75) is 19.3 Å². The number of ketones is 1. The van der Waals surface area contributed by atoms with E-state index in [4.69, 9.17) is 4.74 Å². The summed E-state index contributed by atoms with van der Waals surface area (Å²) in [5, 5.41) is 0. The first-order valence-electron chi connectivity index (χ1n) is 6.69. The quantitative estimate of drug-likeness (QED) is 0.774. The van der Waals surface area contributed by atoms with Crippen LogP contribution in [0.15, 0.2) is 42.5 Å². The molecule has 2 aromatic rings. The molecular formula is C17H15FO2. The van der Waals surface area contributed by atoms with Crippen molar-refractivity contribution in [3.05, 3.63) is 65.0 Å². The lowest BCUT2D eigenvalue weighted by Gasteiger charge is -2.25. The van der Waals surface area contributed by atoms with Crippen molar-refractivity contribution in [3.63, 3.8) is 0 Å². The summed E-state index contributed by atoms with van der Waals surface area (Å²) >= 11 is 0. The Morgan fingerprint density at radius 3 is 2.85 bits per heavy atom. The Kier molecular flexibility index (Phi) is 3.26. The highest BCUT2D eigenvalue weighted by Gasteiger charge is 2.29. The van der Waals surface area contributed by atoms with E-state index in [2.05, 4.69) is 0 Å². The van der Waals surface area contributed by atoms with Crippen molar-refractivity contribution >= 4 is 5.78 Å². The SMILES string of the molecule is Cc1cccc(C(=O)C2CCOc3ccccc32)c1F.